The summed E-state index contributed by atoms with van der Waals surface area (Å²) in [7, 11) is 0. The Morgan fingerprint density at radius 2 is 2.05 bits per heavy atom. The van der Waals surface area contributed by atoms with Crippen molar-refractivity contribution in [1.29, 1.82) is 0 Å². The van der Waals surface area contributed by atoms with Gasteiger partial charge in [-0.2, -0.15) is 0 Å². The van der Waals surface area contributed by atoms with Gasteiger partial charge < -0.3 is 10.2 Å². The van der Waals surface area contributed by atoms with Gasteiger partial charge in [0.15, 0.2) is 0 Å². The number of nitrogens with zero attached hydrogens (tertiary/aromatic N) is 1. The zero-order valence-corrected chi connectivity index (χ0v) is 11.6. The molecule has 1 aliphatic carbocycles. The highest BCUT2D eigenvalue weighted by Crippen LogP contribution is 2.19. The highest BCUT2D eigenvalue weighted by Gasteiger charge is 2.20. The van der Waals surface area contributed by atoms with E-state index >= 15 is 0 Å². The Labute approximate surface area is 115 Å². The maximum Gasteiger partial charge on any atom is 0.239 e. The number of hydrogen-bond acceptors (Lipinski definition) is 2. The Hall–Kier alpha value is -1.32. The lowest BCUT2D eigenvalue weighted by molar-refractivity contribution is -0.137. The van der Waals surface area contributed by atoms with Crippen molar-refractivity contribution in [2.45, 2.75) is 51.4 Å². The molecule has 1 aliphatic heterocycles. The van der Waals surface area contributed by atoms with Gasteiger partial charge in [-0.1, -0.05) is 11.6 Å². The standard InChI is InChI=1S/C15H24N2O2/c18-14(12-17-11-5-4-8-15(17)19)16-10-9-13-6-2-1-3-7-13/h6H,1-5,7-12H2,(H,16,18). The summed E-state index contributed by atoms with van der Waals surface area (Å²) in [6.07, 6.45) is 10.8. The molecule has 4 heteroatoms. The first-order valence-electron chi connectivity index (χ1n) is 7.48. The third kappa shape index (κ3) is 4.69. The predicted octanol–water partition coefficient (Wildman–Crippen LogP) is 2.01. The number of allylic oxidation sites excluding steroid dienone is 1. The van der Waals surface area contributed by atoms with Gasteiger partial charge in [0.2, 0.25) is 11.8 Å². The second kappa shape index (κ2) is 7.31. The van der Waals surface area contributed by atoms with Crippen LogP contribution < -0.4 is 5.32 Å². The van der Waals surface area contributed by atoms with E-state index in [2.05, 4.69) is 11.4 Å². The lowest BCUT2D eigenvalue weighted by atomic mass is 9.97. The van der Waals surface area contributed by atoms with Gasteiger partial charge in [0.05, 0.1) is 6.54 Å². The summed E-state index contributed by atoms with van der Waals surface area (Å²) in [6, 6.07) is 0. The molecule has 1 fully saturated rings. The van der Waals surface area contributed by atoms with Gasteiger partial charge in [0.1, 0.15) is 0 Å². The highest BCUT2D eigenvalue weighted by atomic mass is 16.2. The van der Waals surface area contributed by atoms with Gasteiger partial charge in [-0.25, -0.2) is 0 Å². The molecule has 2 rings (SSSR count). The Bertz CT molecular complexity index is 363. The fraction of sp³-hybridized carbons (Fsp3) is 0.733. The van der Waals surface area contributed by atoms with Crippen molar-refractivity contribution in [1.82, 2.24) is 10.2 Å². The first-order valence-corrected chi connectivity index (χ1v) is 7.48. The minimum atomic E-state index is -0.0216. The molecule has 0 aromatic rings. The van der Waals surface area contributed by atoms with Crippen molar-refractivity contribution in [3.05, 3.63) is 11.6 Å². The van der Waals surface area contributed by atoms with Gasteiger partial charge in [0.25, 0.3) is 0 Å². The van der Waals surface area contributed by atoms with E-state index in [9.17, 15) is 9.59 Å². The number of rotatable bonds is 5. The van der Waals surface area contributed by atoms with Crippen molar-refractivity contribution in [3.8, 4) is 0 Å². The van der Waals surface area contributed by atoms with E-state index < -0.39 is 0 Å². The number of hydrogen-bond donors (Lipinski definition) is 1. The average Bonchev–Trinajstić information content (AvgIpc) is 2.43. The second-order valence-electron chi connectivity index (χ2n) is 5.48. The van der Waals surface area contributed by atoms with Gasteiger partial charge in [0, 0.05) is 19.5 Å². The highest BCUT2D eigenvalue weighted by molar-refractivity contribution is 5.85. The van der Waals surface area contributed by atoms with Crippen LogP contribution in [0.5, 0.6) is 0 Å². The number of carbonyl (C=O) groups excluding carboxylic acids is 2. The van der Waals surface area contributed by atoms with Crippen LogP contribution in [0.1, 0.15) is 51.4 Å². The quantitative estimate of drug-likeness (QED) is 0.772. The minimum Gasteiger partial charge on any atom is -0.354 e. The topological polar surface area (TPSA) is 49.4 Å². The molecule has 0 aromatic heterocycles. The van der Waals surface area contributed by atoms with Crippen LogP contribution in [0.15, 0.2) is 11.6 Å². The van der Waals surface area contributed by atoms with Crippen LogP contribution in [-0.4, -0.2) is 36.3 Å². The molecule has 1 heterocycles. The predicted molar refractivity (Wildman–Crippen MR) is 74.6 cm³/mol. The van der Waals surface area contributed by atoms with Crippen molar-refractivity contribution in [2.75, 3.05) is 19.6 Å². The number of nitrogens with one attached hydrogen (secondary N) is 1. The Balaban J connectivity index is 1.64. The van der Waals surface area contributed by atoms with E-state index in [1.54, 1.807) is 4.90 Å². The van der Waals surface area contributed by atoms with E-state index in [0.717, 1.165) is 25.8 Å². The zero-order chi connectivity index (χ0) is 13.5. The molecule has 106 valence electrons. The van der Waals surface area contributed by atoms with Crippen LogP contribution in [-0.2, 0) is 9.59 Å². The van der Waals surface area contributed by atoms with E-state index in [1.807, 2.05) is 0 Å². The molecule has 2 amide bonds. The van der Waals surface area contributed by atoms with Crippen molar-refractivity contribution in [3.63, 3.8) is 0 Å². The molecule has 2 aliphatic rings. The maximum absolute atomic E-state index is 11.8. The van der Waals surface area contributed by atoms with E-state index in [4.69, 9.17) is 0 Å². The molecule has 1 N–H and O–H groups in total. The Morgan fingerprint density at radius 3 is 2.79 bits per heavy atom. The number of amides is 2. The number of likely N-dealkylation sites (tertiary alicyclic amines) is 1. The molecular weight excluding hydrogens is 240 g/mol. The summed E-state index contributed by atoms with van der Waals surface area (Å²) in [6.45, 7) is 1.67. The van der Waals surface area contributed by atoms with Crippen LogP contribution in [0.4, 0.5) is 0 Å². The first kappa shape index (κ1) is 14.1. The Morgan fingerprint density at radius 1 is 1.21 bits per heavy atom. The van der Waals surface area contributed by atoms with Crippen molar-refractivity contribution < 1.29 is 9.59 Å². The van der Waals surface area contributed by atoms with E-state index in [-0.39, 0.29) is 18.4 Å². The van der Waals surface area contributed by atoms with Crippen molar-refractivity contribution in [2.24, 2.45) is 0 Å². The number of piperidine rings is 1. The summed E-state index contributed by atoms with van der Waals surface area (Å²) in [5.41, 5.74) is 1.47. The van der Waals surface area contributed by atoms with E-state index in [0.29, 0.717) is 13.0 Å². The van der Waals surface area contributed by atoms with Crippen LogP contribution in [0.25, 0.3) is 0 Å². The molecule has 0 bridgehead atoms. The van der Waals surface area contributed by atoms with Crippen LogP contribution in [0, 0.1) is 0 Å². The monoisotopic (exact) mass is 264 g/mol. The third-order valence-electron chi connectivity index (χ3n) is 3.91. The summed E-state index contributed by atoms with van der Waals surface area (Å²) in [5, 5.41) is 2.92. The average molecular weight is 264 g/mol. The molecular formula is C15H24N2O2. The minimum absolute atomic E-state index is 0.0216. The molecule has 1 saturated heterocycles. The second-order valence-corrected chi connectivity index (χ2v) is 5.48. The summed E-state index contributed by atoms with van der Waals surface area (Å²) in [4.78, 5) is 25.0. The van der Waals surface area contributed by atoms with Gasteiger partial charge in [-0.3, -0.25) is 9.59 Å². The normalized spacial score (nSPS) is 20.1. The van der Waals surface area contributed by atoms with Gasteiger partial charge in [-0.05, 0) is 44.9 Å². The summed E-state index contributed by atoms with van der Waals surface area (Å²) in [5.74, 6) is 0.100. The van der Waals surface area contributed by atoms with Crippen LogP contribution in [0.3, 0.4) is 0 Å². The lowest BCUT2D eigenvalue weighted by Gasteiger charge is -2.26. The molecule has 0 atom stereocenters. The summed E-state index contributed by atoms with van der Waals surface area (Å²) < 4.78 is 0. The largest absolute Gasteiger partial charge is 0.354 e. The van der Waals surface area contributed by atoms with Crippen molar-refractivity contribution >= 4 is 11.8 Å². The number of carbonyl (C=O) groups is 2. The molecule has 0 unspecified atom stereocenters. The van der Waals surface area contributed by atoms with Gasteiger partial charge >= 0.3 is 0 Å². The maximum atomic E-state index is 11.8. The molecule has 4 nitrogen and oxygen atoms in total. The van der Waals surface area contributed by atoms with Gasteiger partial charge in [-0.15, -0.1) is 0 Å². The fourth-order valence-corrected chi connectivity index (χ4v) is 2.75. The smallest absolute Gasteiger partial charge is 0.239 e. The molecule has 19 heavy (non-hydrogen) atoms. The molecule has 0 saturated carbocycles. The summed E-state index contributed by atoms with van der Waals surface area (Å²) >= 11 is 0. The lowest BCUT2D eigenvalue weighted by Crippen LogP contribution is -2.43. The van der Waals surface area contributed by atoms with Crippen LogP contribution >= 0.6 is 0 Å². The zero-order valence-electron chi connectivity index (χ0n) is 11.6. The molecule has 0 spiro atoms. The Kier molecular flexibility index (Phi) is 5.43. The fourth-order valence-electron chi connectivity index (χ4n) is 2.75. The SMILES string of the molecule is O=C(CN1CCCCC1=O)NCCC1=CCCCC1. The molecule has 0 aromatic carbocycles. The van der Waals surface area contributed by atoms with E-state index in [1.165, 1.54) is 31.3 Å². The molecule has 0 radical (unpaired) electrons. The first-order chi connectivity index (χ1) is 9.25. The third-order valence-corrected chi connectivity index (χ3v) is 3.91. The van der Waals surface area contributed by atoms with Crippen LogP contribution in [0.2, 0.25) is 0 Å².